The van der Waals surface area contributed by atoms with Crippen molar-refractivity contribution in [3.63, 3.8) is 0 Å². The zero-order valence-corrected chi connectivity index (χ0v) is 15.8. The molecule has 0 atom stereocenters. The van der Waals surface area contributed by atoms with Crippen molar-refractivity contribution in [3.8, 4) is 0 Å². The Bertz CT molecular complexity index is 903. The van der Waals surface area contributed by atoms with E-state index in [0.717, 1.165) is 0 Å². The maximum absolute atomic E-state index is 12.3. The lowest BCUT2D eigenvalue weighted by Crippen LogP contribution is -2.18. The van der Waals surface area contributed by atoms with Crippen LogP contribution in [0.2, 0.25) is 0 Å². The topological polar surface area (TPSA) is 92.3 Å². The summed E-state index contributed by atoms with van der Waals surface area (Å²) < 4.78 is 23.6. The molecular formula is C19H22N2O4S. The highest BCUT2D eigenvalue weighted by atomic mass is 32.2. The minimum Gasteiger partial charge on any atom is -0.326 e. The number of amides is 2. The van der Waals surface area contributed by atoms with Crippen molar-refractivity contribution in [3.05, 3.63) is 54.1 Å². The summed E-state index contributed by atoms with van der Waals surface area (Å²) in [5.41, 5.74) is 1.46. The summed E-state index contributed by atoms with van der Waals surface area (Å²) >= 11 is 0. The largest absolute Gasteiger partial charge is 0.326 e. The first-order valence-corrected chi connectivity index (χ1v) is 9.93. The average molecular weight is 374 g/mol. The first-order valence-electron chi connectivity index (χ1n) is 8.28. The van der Waals surface area contributed by atoms with Crippen LogP contribution in [0.1, 0.15) is 31.1 Å². The summed E-state index contributed by atoms with van der Waals surface area (Å²) in [6.45, 7) is 5.16. The van der Waals surface area contributed by atoms with Crippen molar-refractivity contribution < 1.29 is 18.0 Å². The maximum Gasteiger partial charge on any atom is 0.255 e. The van der Waals surface area contributed by atoms with Crippen molar-refractivity contribution in [2.45, 2.75) is 25.7 Å². The van der Waals surface area contributed by atoms with Gasteiger partial charge in [0.1, 0.15) is 0 Å². The summed E-state index contributed by atoms with van der Waals surface area (Å²) in [6.07, 6.45) is 0. The van der Waals surface area contributed by atoms with Crippen molar-refractivity contribution in [2.75, 3.05) is 16.4 Å². The molecule has 138 valence electrons. The quantitative estimate of drug-likeness (QED) is 0.811. The van der Waals surface area contributed by atoms with Crippen LogP contribution < -0.4 is 10.6 Å². The number of carbonyl (C=O) groups excluding carboxylic acids is 2. The van der Waals surface area contributed by atoms with Crippen LogP contribution in [0.4, 0.5) is 11.4 Å². The molecule has 0 saturated heterocycles. The predicted octanol–water partition coefficient (Wildman–Crippen LogP) is 3.33. The lowest BCUT2D eigenvalue weighted by molar-refractivity contribution is -0.118. The second-order valence-corrected chi connectivity index (χ2v) is 8.38. The molecule has 0 bridgehead atoms. The van der Waals surface area contributed by atoms with Crippen molar-refractivity contribution in [1.29, 1.82) is 0 Å². The van der Waals surface area contributed by atoms with Crippen LogP contribution in [-0.4, -0.2) is 26.0 Å². The van der Waals surface area contributed by atoms with E-state index in [0.29, 0.717) is 16.9 Å². The van der Waals surface area contributed by atoms with E-state index in [1.54, 1.807) is 45.0 Å². The van der Waals surface area contributed by atoms with Gasteiger partial charge in [0, 0.05) is 22.9 Å². The molecule has 0 aromatic heterocycles. The van der Waals surface area contributed by atoms with Crippen LogP contribution in [0.15, 0.2) is 53.4 Å². The fourth-order valence-corrected chi connectivity index (χ4v) is 3.03. The van der Waals surface area contributed by atoms with E-state index in [1.165, 1.54) is 24.3 Å². The molecular weight excluding hydrogens is 352 g/mol. The standard InChI is InChI=1S/C19H22N2O4S/c1-4-26(24,25)17-10-8-14(9-11-17)19(23)21-16-7-5-6-15(12-16)20-18(22)13(2)3/h5-13H,4H2,1-3H3,(H,20,22)(H,21,23). The number of hydrogen-bond donors (Lipinski definition) is 2. The Hall–Kier alpha value is -2.67. The summed E-state index contributed by atoms with van der Waals surface area (Å²) in [6, 6.07) is 12.6. The molecule has 0 saturated carbocycles. The minimum absolute atomic E-state index is 0.00737. The molecule has 6 nitrogen and oxygen atoms in total. The van der Waals surface area contributed by atoms with Gasteiger partial charge in [0.05, 0.1) is 10.6 Å². The summed E-state index contributed by atoms with van der Waals surface area (Å²) in [5.74, 6) is -0.613. The van der Waals surface area contributed by atoms with Crippen LogP contribution in [0.5, 0.6) is 0 Å². The van der Waals surface area contributed by atoms with Gasteiger partial charge in [-0.3, -0.25) is 9.59 Å². The first-order chi connectivity index (χ1) is 12.2. The second kappa shape index (κ2) is 8.14. The van der Waals surface area contributed by atoms with E-state index in [-0.39, 0.29) is 28.4 Å². The van der Waals surface area contributed by atoms with Gasteiger partial charge in [-0.15, -0.1) is 0 Å². The van der Waals surface area contributed by atoms with Crippen LogP contribution in [-0.2, 0) is 14.6 Å². The maximum atomic E-state index is 12.3. The van der Waals surface area contributed by atoms with Gasteiger partial charge < -0.3 is 10.6 Å². The Kier molecular flexibility index (Phi) is 6.15. The second-order valence-electron chi connectivity index (χ2n) is 6.11. The van der Waals surface area contributed by atoms with Gasteiger partial charge in [-0.2, -0.15) is 0 Å². The minimum atomic E-state index is -3.30. The number of hydrogen-bond acceptors (Lipinski definition) is 4. The molecule has 0 radical (unpaired) electrons. The van der Waals surface area contributed by atoms with Crippen LogP contribution >= 0.6 is 0 Å². The van der Waals surface area contributed by atoms with Gasteiger partial charge in [-0.1, -0.05) is 26.8 Å². The molecule has 0 spiro atoms. The molecule has 0 aliphatic rings. The van der Waals surface area contributed by atoms with Gasteiger partial charge in [-0.05, 0) is 42.5 Å². The van der Waals surface area contributed by atoms with Crippen LogP contribution in [0, 0.1) is 5.92 Å². The van der Waals surface area contributed by atoms with E-state index in [2.05, 4.69) is 10.6 Å². The highest BCUT2D eigenvalue weighted by Crippen LogP contribution is 2.18. The van der Waals surface area contributed by atoms with E-state index >= 15 is 0 Å². The van der Waals surface area contributed by atoms with E-state index < -0.39 is 9.84 Å². The Balaban J connectivity index is 2.11. The van der Waals surface area contributed by atoms with Crippen LogP contribution in [0.3, 0.4) is 0 Å². The van der Waals surface area contributed by atoms with Gasteiger partial charge >= 0.3 is 0 Å². The zero-order chi connectivity index (χ0) is 19.3. The molecule has 0 fully saturated rings. The molecule has 2 aromatic carbocycles. The predicted molar refractivity (Wildman–Crippen MR) is 102 cm³/mol. The number of rotatable bonds is 6. The summed E-state index contributed by atoms with van der Waals surface area (Å²) in [4.78, 5) is 24.3. The third kappa shape index (κ3) is 4.92. The Morgan fingerprint density at radius 2 is 1.54 bits per heavy atom. The lowest BCUT2D eigenvalue weighted by atomic mass is 10.2. The Morgan fingerprint density at radius 3 is 2.08 bits per heavy atom. The van der Waals surface area contributed by atoms with Gasteiger partial charge in [0.2, 0.25) is 5.91 Å². The Morgan fingerprint density at radius 1 is 0.962 bits per heavy atom. The number of sulfone groups is 1. The highest BCUT2D eigenvalue weighted by Gasteiger charge is 2.13. The molecule has 2 aromatic rings. The molecule has 2 rings (SSSR count). The van der Waals surface area contributed by atoms with E-state index in [1.807, 2.05) is 0 Å². The van der Waals surface area contributed by atoms with Gasteiger partial charge in [0.25, 0.3) is 5.91 Å². The fourth-order valence-electron chi connectivity index (χ4n) is 2.14. The SMILES string of the molecule is CCS(=O)(=O)c1ccc(C(=O)Nc2cccc(NC(=O)C(C)C)c2)cc1. The summed E-state index contributed by atoms with van der Waals surface area (Å²) in [5, 5.41) is 5.50. The molecule has 2 amide bonds. The molecule has 0 unspecified atom stereocenters. The number of carbonyl (C=O) groups is 2. The molecule has 26 heavy (non-hydrogen) atoms. The smallest absolute Gasteiger partial charge is 0.255 e. The fraction of sp³-hybridized carbons (Fsp3) is 0.263. The third-order valence-corrected chi connectivity index (χ3v) is 5.52. The number of benzene rings is 2. The van der Waals surface area contributed by atoms with Crippen molar-refractivity contribution >= 4 is 33.0 Å². The van der Waals surface area contributed by atoms with Crippen molar-refractivity contribution in [2.24, 2.45) is 5.92 Å². The monoisotopic (exact) mass is 374 g/mol. The van der Waals surface area contributed by atoms with Crippen molar-refractivity contribution in [1.82, 2.24) is 0 Å². The molecule has 0 heterocycles. The van der Waals surface area contributed by atoms with E-state index in [4.69, 9.17) is 0 Å². The first kappa shape index (κ1) is 19.7. The molecule has 0 aliphatic carbocycles. The lowest BCUT2D eigenvalue weighted by Gasteiger charge is -2.10. The number of anilines is 2. The summed E-state index contributed by atoms with van der Waals surface area (Å²) in [7, 11) is -3.30. The van der Waals surface area contributed by atoms with E-state index in [9.17, 15) is 18.0 Å². The highest BCUT2D eigenvalue weighted by molar-refractivity contribution is 7.91. The zero-order valence-electron chi connectivity index (χ0n) is 14.9. The normalized spacial score (nSPS) is 11.2. The third-order valence-electron chi connectivity index (χ3n) is 3.77. The Labute approximate surface area is 153 Å². The average Bonchev–Trinajstić information content (AvgIpc) is 2.62. The number of nitrogens with one attached hydrogen (secondary N) is 2. The van der Waals surface area contributed by atoms with Gasteiger partial charge in [-0.25, -0.2) is 8.42 Å². The molecule has 7 heteroatoms. The van der Waals surface area contributed by atoms with Crippen LogP contribution in [0.25, 0.3) is 0 Å². The van der Waals surface area contributed by atoms with Gasteiger partial charge in [0.15, 0.2) is 9.84 Å². The molecule has 2 N–H and O–H groups in total. The molecule has 0 aliphatic heterocycles.